The molecule has 0 amide bonds. The molecule has 0 aliphatic carbocycles. The molecule has 0 bridgehead atoms. The first-order valence-corrected chi connectivity index (χ1v) is 6.28. The van der Waals surface area contributed by atoms with E-state index in [0.29, 0.717) is 0 Å². The normalized spacial score (nSPS) is 11.9. The van der Waals surface area contributed by atoms with E-state index in [1.807, 2.05) is 13.8 Å². The minimum atomic E-state index is -0.367. The summed E-state index contributed by atoms with van der Waals surface area (Å²) in [5.74, 6) is -0.111. The van der Waals surface area contributed by atoms with E-state index < -0.39 is 0 Å². The van der Waals surface area contributed by atoms with Crippen molar-refractivity contribution in [3.63, 3.8) is 0 Å². The zero-order chi connectivity index (χ0) is 12.6. The van der Waals surface area contributed by atoms with Gasteiger partial charge in [0.05, 0.1) is 12.5 Å². The third kappa shape index (κ3) is 5.50. The second-order valence-corrected chi connectivity index (χ2v) is 4.97. The number of nitrogens with zero attached hydrogens (tertiary/aromatic N) is 1. The van der Waals surface area contributed by atoms with Crippen LogP contribution in [0.2, 0.25) is 0 Å². The van der Waals surface area contributed by atoms with E-state index in [1.54, 1.807) is 0 Å². The van der Waals surface area contributed by atoms with Gasteiger partial charge in [0, 0.05) is 0 Å². The Labute approximate surface area is 100 Å². The van der Waals surface area contributed by atoms with Crippen LogP contribution in [-0.2, 0) is 9.53 Å². The minimum Gasteiger partial charge on any atom is -0.469 e. The summed E-state index contributed by atoms with van der Waals surface area (Å²) in [6.07, 6.45) is 3.19. The van der Waals surface area contributed by atoms with Crippen molar-refractivity contribution in [1.29, 1.82) is 0 Å². The molecule has 0 radical (unpaired) electrons. The van der Waals surface area contributed by atoms with E-state index in [9.17, 15) is 4.79 Å². The van der Waals surface area contributed by atoms with E-state index in [1.165, 1.54) is 20.0 Å². The van der Waals surface area contributed by atoms with Gasteiger partial charge in [0.1, 0.15) is 0 Å². The van der Waals surface area contributed by atoms with Crippen LogP contribution in [0.1, 0.15) is 47.0 Å². The second kappa shape index (κ2) is 7.66. The Hall–Kier alpha value is -0.570. The SMILES string of the molecule is CCCN(CCC)CCC(C)(C)C(=O)OC. The van der Waals surface area contributed by atoms with E-state index in [4.69, 9.17) is 4.74 Å². The minimum absolute atomic E-state index is 0.111. The van der Waals surface area contributed by atoms with Crippen molar-refractivity contribution in [3.05, 3.63) is 0 Å². The van der Waals surface area contributed by atoms with Crippen LogP contribution in [0.4, 0.5) is 0 Å². The van der Waals surface area contributed by atoms with Crippen molar-refractivity contribution in [2.45, 2.75) is 47.0 Å². The molecule has 0 heterocycles. The van der Waals surface area contributed by atoms with Gasteiger partial charge in [-0.2, -0.15) is 0 Å². The van der Waals surface area contributed by atoms with Crippen molar-refractivity contribution < 1.29 is 9.53 Å². The molecular weight excluding hydrogens is 202 g/mol. The molecule has 0 fully saturated rings. The number of carbonyl (C=O) groups is 1. The van der Waals surface area contributed by atoms with Crippen LogP contribution in [0, 0.1) is 5.41 Å². The summed E-state index contributed by atoms with van der Waals surface area (Å²) < 4.78 is 4.81. The van der Waals surface area contributed by atoms with Gasteiger partial charge >= 0.3 is 5.97 Å². The summed E-state index contributed by atoms with van der Waals surface area (Å²) in [5, 5.41) is 0. The zero-order valence-corrected chi connectivity index (χ0v) is 11.5. The maximum Gasteiger partial charge on any atom is 0.311 e. The summed E-state index contributed by atoms with van der Waals surface area (Å²) in [5.41, 5.74) is -0.367. The molecule has 0 aliphatic rings. The first-order chi connectivity index (χ1) is 7.47. The molecule has 0 rings (SSSR count). The highest BCUT2D eigenvalue weighted by Crippen LogP contribution is 2.22. The molecule has 0 saturated carbocycles. The predicted octanol–water partition coefficient (Wildman–Crippen LogP) is 2.70. The Bertz CT molecular complexity index is 196. The Kier molecular flexibility index (Phi) is 7.39. The molecule has 3 nitrogen and oxygen atoms in total. The smallest absolute Gasteiger partial charge is 0.311 e. The number of rotatable bonds is 8. The third-order valence-electron chi connectivity index (χ3n) is 2.87. The van der Waals surface area contributed by atoms with E-state index >= 15 is 0 Å². The largest absolute Gasteiger partial charge is 0.469 e. The summed E-state index contributed by atoms with van der Waals surface area (Å²) in [6, 6.07) is 0. The number of carbonyl (C=O) groups excluding carboxylic acids is 1. The summed E-state index contributed by atoms with van der Waals surface area (Å²) in [4.78, 5) is 13.9. The Morgan fingerprint density at radius 3 is 2.00 bits per heavy atom. The predicted molar refractivity (Wildman–Crippen MR) is 67.4 cm³/mol. The molecule has 0 spiro atoms. The van der Waals surface area contributed by atoms with Gasteiger partial charge in [-0.15, -0.1) is 0 Å². The van der Waals surface area contributed by atoms with Gasteiger partial charge in [0.15, 0.2) is 0 Å². The van der Waals surface area contributed by atoms with Gasteiger partial charge in [-0.1, -0.05) is 13.8 Å². The topological polar surface area (TPSA) is 29.5 Å². The number of ether oxygens (including phenoxy) is 1. The molecule has 0 atom stereocenters. The van der Waals surface area contributed by atoms with Gasteiger partial charge < -0.3 is 9.64 Å². The lowest BCUT2D eigenvalue weighted by atomic mass is 9.89. The quantitative estimate of drug-likeness (QED) is 0.599. The van der Waals surface area contributed by atoms with E-state index in [0.717, 1.165) is 26.1 Å². The molecule has 0 unspecified atom stereocenters. The molecule has 0 aromatic carbocycles. The highest BCUT2D eigenvalue weighted by Gasteiger charge is 2.28. The molecule has 3 heteroatoms. The third-order valence-corrected chi connectivity index (χ3v) is 2.87. The lowest BCUT2D eigenvalue weighted by Crippen LogP contribution is -2.33. The van der Waals surface area contributed by atoms with Crippen molar-refractivity contribution in [3.8, 4) is 0 Å². The van der Waals surface area contributed by atoms with Crippen LogP contribution < -0.4 is 0 Å². The standard InChI is InChI=1S/C13H27NO2/c1-6-9-14(10-7-2)11-8-13(3,4)12(15)16-5/h6-11H2,1-5H3. The Morgan fingerprint density at radius 1 is 1.12 bits per heavy atom. The van der Waals surface area contributed by atoms with Crippen LogP contribution in [0.25, 0.3) is 0 Å². The van der Waals surface area contributed by atoms with Crippen molar-refractivity contribution >= 4 is 5.97 Å². The molecule has 0 saturated heterocycles. The number of hydrogen-bond acceptors (Lipinski definition) is 3. The van der Waals surface area contributed by atoms with E-state index in [2.05, 4.69) is 18.7 Å². The Balaban J connectivity index is 4.12. The first kappa shape index (κ1) is 15.4. The second-order valence-electron chi connectivity index (χ2n) is 4.97. The molecule has 0 N–H and O–H groups in total. The lowest BCUT2D eigenvalue weighted by molar-refractivity contribution is -0.151. The molecule has 96 valence electrons. The Morgan fingerprint density at radius 2 is 1.62 bits per heavy atom. The van der Waals surface area contributed by atoms with Crippen molar-refractivity contribution in [1.82, 2.24) is 4.90 Å². The molecule has 0 aliphatic heterocycles. The fourth-order valence-electron chi connectivity index (χ4n) is 1.78. The van der Waals surface area contributed by atoms with Crippen LogP contribution in [0.5, 0.6) is 0 Å². The average molecular weight is 229 g/mol. The van der Waals surface area contributed by atoms with Crippen molar-refractivity contribution in [2.75, 3.05) is 26.7 Å². The number of methoxy groups -OCH3 is 1. The molecular formula is C13H27NO2. The maximum atomic E-state index is 11.5. The van der Waals surface area contributed by atoms with Crippen LogP contribution in [0.3, 0.4) is 0 Å². The van der Waals surface area contributed by atoms with Crippen molar-refractivity contribution in [2.24, 2.45) is 5.41 Å². The van der Waals surface area contributed by atoms with Crippen LogP contribution in [0.15, 0.2) is 0 Å². The zero-order valence-electron chi connectivity index (χ0n) is 11.5. The monoisotopic (exact) mass is 229 g/mol. The van der Waals surface area contributed by atoms with Crippen LogP contribution >= 0.6 is 0 Å². The first-order valence-electron chi connectivity index (χ1n) is 6.28. The molecule has 0 aromatic rings. The van der Waals surface area contributed by atoms with Gasteiger partial charge in [0.2, 0.25) is 0 Å². The fourth-order valence-corrected chi connectivity index (χ4v) is 1.78. The summed E-state index contributed by atoms with van der Waals surface area (Å²) >= 11 is 0. The molecule has 16 heavy (non-hydrogen) atoms. The highest BCUT2D eigenvalue weighted by atomic mass is 16.5. The maximum absolute atomic E-state index is 11.5. The summed E-state index contributed by atoms with van der Waals surface area (Å²) in [7, 11) is 1.46. The highest BCUT2D eigenvalue weighted by molar-refractivity contribution is 5.75. The van der Waals surface area contributed by atoms with Gasteiger partial charge in [0.25, 0.3) is 0 Å². The van der Waals surface area contributed by atoms with E-state index in [-0.39, 0.29) is 11.4 Å². The van der Waals surface area contributed by atoms with Gasteiger partial charge in [-0.25, -0.2) is 0 Å². The number of hydrogen-bond donors (Lipinski definition) is 0. The van der Waals surface area contributed by atoms with Crippen LogP contribution in [-0.4, -0.2) is 37.6 Å². The van der Waals surface area contributed by atoms with Gasteiger partial charge in [-0.3, -0.25) is 4.79 Å². The average Bonchev–Trinajstić information content (AvgIpc) is 2.25. The summed E-state index contributed by atoms with van der Waals surface area (Å²) in [6.45, 7) is 11.5. The lowest BCUT2D eigenvalue weighted by Gasteiger charge is -2.27. The van der Waals surface area contributed by atoms with Gasteiger partial charge in [-0.05, 0) is 52.7 Å². The number of esters is 1. The fraction of sp³-hybridized carbons (Fsp3) is 0.923. The molecule has 0 aromatic heterocycles.